The van der Waals surface area contributed by atoms with Crippen LogP contribution in [0.1, 0.15) is 5.56 Å². The lowest BCUT2D eigenvalue weighted by Gasteiger charge is -2.10. The molecule has 23 heavy (non-hydrogen) atoms. The van der Waals surface area contributed by atoms with Crippen molar-refractivity contribution < 1.29 is 17.9 Å². The Morgan fingerprint density at radius 3 is 2.26 bits per heavy atom. The van der Waals surface area contributed by atoms with E-state index >= 15 is 0 Å². The SMILES string of the molecule is NC(=NCc1ccc(Br)cc1)Nc1ccc(OC(F)(F)F)cc1. The fourth-order valence-electron chi connectivity index (χ4n) is 1.69. The highest BCUT2D eigenvalue weighted by Gasteiger charge is 2.30. The summed E-state index contributed by atoms with van der Waals surface area (Å²) in [5.41, 5.74) is 7.23. The van der Waals surface area contributed by atoms with Gasteiger partial charge in [0.1, 0.15) is 5.75 Å². The molecule has 0 fully saturated rings. The van der Waals surface area contributed by atoms with Gasteiger partial charge in [-0.1, -0.05) is 28.1 Å². The maximum absolute atomic E-state index is 12.1. The maximum Gasteiger partial charge on any atom is 0.573 e. The van der Waals surface area contributed by atoms with Gasteiger partial charge in [0.05, 0.1) is 6.54 Å². The highest BCUT2D eigenvalue weighted by molar-refractivity contribution is 9.10. The Hall–Kier alpha value is -2.22. The Kier molecular flexibility index (Phi) is 5.49. The summed E-state index contributed by atoms with van der Waals surface area (Å²) >= 11 is 3.34. The molecule has 0 heterocycles. The predicted octanol–water partition coefficient (Wildman–Crippen LogP) is 4.27. The van der Waals surface area contributed by atoms with Crippen LogP contribution in [0.4, 0.5) is 18.9 Å². The number of hydrogen-bond acceptors (Lipinski definition) is 2. The number of nitrogens with two attached hydrogens (primary N) is 1. The van der Waals surface area contributed by atoms with Gasteiger partial charge in [-0.05, 0) is 42.0 Å². The summed E-state index contributed by atoms with van der Waals surface area (Å²) in [6.45, 7) is 0.390. The van der Waals surface area contributed by atoms with E-state index in [4.69, 9.17) is 5.73 Å². The molecule has 8 heteroatoms. The topological polar surface area (TPSA) is 59.6 Å². The molecule has 0 radical (unpaired) electrons. The quantitative estimate of drug-likeness (QED) is 0.608. The maximum atomic E-state index is 12.1. The van der Waals surface area contributed by atoms with Crippen molar-refractivity contribution in [3.05, 3.63) is 58.6 Å². The zero-order valence-electron chi connectivity index (χ0n) is 11.8. The first-order chi connectivity index (χ1) is 10.8. The van der Waals surface area contributed by atoms with Crippen LogP contribution >= 0.6 is 15.9 Å². The number of nitrogens with zero attached hydrogens (tertiary/aromatic N) is 1. The van der Waals surface area contributed by atoms with Crippen molar-refractivity contribution >= 4 is 27.6 Å². The standard InChI is InChI=1S/C15H13BrF3N3O/c16-11-3-1-10(2-4-11)9-21-14(20)22-12-5-7-13(8-6-12)23-15(17,18)19/h1-8H,9H2,(H3,20,21,22). The van der Waals surface area contributed by atoms with Gasteiger partial charge in [-0.25, -0.2) is 4.99 Å². The Bertz CT molecular complexity index is 670. The lowest BCUT2D eigenvalue weighted by Crippen LogP contribution is -2.22. The minimum absolute atomic E-state index is 0.164. The van der Waals surface area contributed by atoms with E-state index in [2.05, 4.69) is 31.0 Å². The van der Waals surface area contributed by atoms with Gasteiger partial charge in [0.25, 0.3) is 0 Å². The molecular formula is C15H13BrF3N3O. The van der Waals surface area contributed by atoms with Crippen LogP contribution in [-0.2, 0) is 6.54 Å². The number of halogens is 4. The van der Waals surface area contributed by atoms with Gasteiger partial charge in [-0.2, -0.15) is 0 Å². The second kappa shape index (κ2) is 7.36. The van der Waals surface area contributed by atoms with Gasteiger partial charge in [-0.3, -0.25) is 0 Å². The van der Waals surface area contributed by atoms with Crippen molar-refractivity contribution in [3.63, 3.8) is 0 Å². The molecule has 2 aromatic carbocycles. The number of alkyl halides is 3. The molecule has 0 aliphatic carbocycles. The van der Waals surface area contributed by atoms with Crippen molar-refractivity contribution in [2.45, 2.75) is 12.9 Å². The van der Waals surface area contributed by atoms with Crippen LogP contribution < -0.4 is 15.8 Å². The third-order valence-electron chi connectivity index (χ3n) is 2.71. The molecule has 0 aromatic heterocycles. The lowest BCUT2D eigenvalue weighted by molar-refractivity contribution is -0.274. The zero-order chi connectivity index (χ0) is 16.9. The van der Waals surface area contributed by atoms with Crippen LogP contribution in [0.25, 0.3) is 0 Å². The van der Waals surface area contributed by atoms with Crippen LogP contribution in [0.3, 0.4) is 0 Å². The van der Waals surface area contributed by atoms with Crippen LogP contribution in [0.2, 0.25) is 0 Å². The molecule has 4 nitrogen and oxygen atoms in total. The number of anilines is 1. The van der Waals surface area contributed by atoms with E-state index in [1.165, 1.54) is 24.3 Å². The molecule has 2 rings (SSSR count). The number of guanidine groups is 1. The summed E-state index contributed by atoms with van der Waals surface area (Å²) in [6, 6.07) is 12.8. The van der Waals surface area contributed by atoms with Gasteiger partial charge < -0.3 is 15.8 Å². The predicted molar refractivity (Wildman–Crippen MR) is 86.2 cm³/mol. The van der Waals surface area contributed by atoms with Crippen molar-refractivity contribution in [2.24, 2.45) is 10.7 Å². The van der Waals surface area contributed by atoms with Gasteiger partial charge >= 0.3 is 6.36 Å². The summed E-state index contributed by atoms with van der Waals surface area (Å²) in [4.78, 5) is 4.16. The van der Waals surface area contributed by atoms with Crippen LogP contribution in [0.5, 0.6) is 5.75 Å². The Morgan fingerprint density at radius 2 is 1.70 bits per heavy atom. The molecular weight excluding hydrogens is 375 g/mol. The third-order valence-corrected chi connectivity index (χ3v) is 3.23. The largest absolute Gasteiger partial charge is 0.573 e. The van der Waals surface area contributed by atoms with Crippen molar-refractivity contribution in [1.82, 2.24) is 0 Å². The van der Waals surface area contributed by atoms with Gasteiger partial charge in [0.2, 0.25) is 0 Å². The molecule has 2 aromatic rings. The molecule has 0 aliphatic heterocycles. The normalized spacial score (nSPS) is 12.1. The summed E-state index contributed by atoms with van der Waals surface area (Å²) in [7, 11) is 0. The molecule has 0 saturated heterocycles. The monoisotopic (exact) mass is 387 g/mol. The summed E-state index contributed by atoms with van der Waals surface area (Å²) in [6.07, 6.45) is -4.71. The van der Waals surface area contributed by atoms with Gasteiger partial charge in [-0.15, -0.1) is 13.2 Å². The minimum Gasteiger partial charge on any atom is -0.406 e. The Balaban J connectivity index is 1.92. The molecule has 0 aliphatic rings. The highest BCUT2D eigenvalue weighted by atomic mass is 79.9. The van der Waals surface area contributed by atoms with Crippen molar-refractivity contribution in [2.75, 3.05) is 5.32 Å². The number of rotatable bonds is 4. The average Bonchev–Trinajstić information content (AvgIpc) is 2.47. The fourth-order valence-corrected chi connectivity index (χ4v) is 1.96. The first kappa shape index (κ1) is 17.1. The van der Waals surface area contributed by atoms with Gasteiger partial charge in [0, 0.05) is 10.2 Å². The molecule has 0 unspecified atom stereocenters. The van der Waals surface area contributed by atoms with E-state index in [1.807, 2.05) is 24.3 Å². The third kappa shape index (κ3) is 6.19. The van der Waals surface area contributed by atoms with Crippen molar-refractivity contribution in [3.8, 4) is 5.75 Å². The second-order valence-electron chi connectivity index (χ2n) is 4.53. The fraction of sp³-hybridized carbons (Fsp3) is 0.133. The molecule has 0 amide bonds. The number of aliphatic imine (C=N–C) groups is 1. The minimum atomic E-state index is -4.71. The first-order valence-corrected chi connectivity index (χ1v) is 7.28. The van der Waals surface area contributed by atoms with Gasteiger partial charge in [0.15, 0.2) is 5.96 Å². The molecule has 0 saturated carbocycles. The molecule has 0 spiro atoms. The molecule has 3 N–H and O–H groups in total. The number of hydrogen-bond donors (Lipinski definition) is 2. The number of ether oxygens (including phenoxy) is 1. The average molecular weight is 388 g/mol. The van der Waals surface area contributed by atoms with Crippen LogP contribution in [-0.4, -0.2) is 12.3 Å². The van der Waals surface area contributed by atoms with E-state index in [0.29, 0.717) is 12.2 Å². The zero-order valence-corrected chi connectivity index (χ0v) is 13.4. The smallest absolute Gasteiger partial charge is 0.406 e. The highest BCUT2D eigenvalue weighted by Crippen LogP contribution is 2.23. The summed E-state index contributed by atoms with van der Waals surface area (Å²) in [5.74, 6) is -0.133. The Morgan fingerprint density at radius 1 is 1.09 bits per heavy atom. The summed E-state index contributed by atoms with van der Waals surface area (Å²) in [5, 5.41) is 2.80. The molecule has 0 atom stereocenters. The second-order valence-corrected chi connectivity index (χ2v) is 5.44. The van der Waals surface area contributed by atoms with Crippen LogP contribution in [0, 0.1) is 0 Å². The van der Waals surface area contributed by atoms with E-state index < -0.39 is 6.36 Å². The first-order valence-electron chi connectivity index (χ1n) is 6.49. The molecule has 122 valence electrons. The summed E-state index contributed by atoms with van der Waals surface area (Å²) < 4.78 is 40.9. The lowest BCUT2D eigenvalue weighted by atomic mass is 10.2. The van der Waals surface area contributed by atoms with Crippen LogP contribution in [0.15, 0.2) is 58.0 Å². The van der Waals surface area contributed by atoms with E-state index in [9.17, 15) is 13.2 Å². The van der Waals surface area contributed by atoms with E-state index in [1.54, 1.807) is 0 Å². The van der Waals surface area contributed by atoms with Crippen molar-refractivity contribution in [1.29, 1.82) is 0 Å². The van der Waals surface area contributed by atoms with E-state index in [-0.39, 0.29) is 11.7 Å². The number of nitrogens with one attached hydrogen (secondary N) is 1. The Labute approximate surface area is 139 Å². The molecule has 0 bridgehead atoms. The van der Waals surface area contributed by atoms with E-state index in [0.717, 1.165) is 10.0 Å². The number of benzene rings is 2.